The van der Waals surface area contributed by atoms with Gasteiger partial charge in [0.05, 0.1) is 6.04 Å². The van der Waals surface area contributed by atoms with Crippen LogP contribution in [0.4, 0.5) is 5.69 Å². The fourth-order valence-electron chi connectivity index (χ4n) is 2.85. The van der Waals surface area contributed by atoms with E-state index in [1.165, 1.54) is 5.56 Å². The van der Waals surface area contributed by atoms with Gasteiger partial charge in [0.2, 0.25) is 0 Å². The van der Waals surface area contributed by atoms with Crippen molar-refractivity contribution >= 4 is 23.0 Å². The smallest absolute Gasteiger partial charge is 0.171 e. The van der Waals surface area contributed by atoms with Crippen molar-refractivity contribution in [2.45, 2.75) is 13.0 Å². The number of rotatable bonds is 7. The van der Waals surface area contributed by atoms with E-state index >= 15 is 0 Å². The summed E-state index contributed by atoms with van der Waals surface area (Å²) in [5, 5.41) is 7.26. The van der Waals surface area contributed by atoms with Gasteiger partial charge in [-0.1, -0.05) is 72.8 Å². The van der Waals surface area contributed by atoms with Gasteiger partial charge in [0.1, 0.15) is 12.4 Å². The van der Waals surface area contributed by atoms with Crippen molar-refractivity contribution in [3.63, 3.8) is 0 Å². The second kappa shape index (κ2) is 9.72. The average molecular weight is 389 g/mol. The van der Waals surface area contributed by atoms with E-state index in [9.17, 15) is 0 Å². The van der Waals surface area contributed by atoms with Gasteiger partial charge >= 0.3 is 0 Å². The zero-order chi connectivity index (χ0) is 19.8. The molecule has 2 N–H and O–H groups in total. The van der Waals surface area contributed by atoms with Crippen LogP contribution >= 0.6 is 12.2 Å². The summed E-state index contributed by atoms with van der Waals surface area (Å²) < 4.78 is 5.51. The van der Waals surface area contributed by atoms with Crippen LogP contribution in [0.1, 0.15) is 22.7 Å². The van der Waals surface area contributed by atoms with Crippen LogP contribution in [0.5, 0.6) is 5.75 Å². The molecule has 3 aromatic carbocycles. The fraction of sp³-hybridized carbons (Fsp3) is 0.125. The topological polar surface area (TPSA) is 33.3 Å². The summed E-state index contributed by atoms with van der Waals surface area (Å²) in [4.78, 5) is 0. The van der Waals surface area contributed by atoms with E-state index in [0.717, 1.165) is 22.6 Å². The van der Waals surface area contributed by atoms with Crippen molar-refractivity contribution < 1.29 is 4.74 Å². The number of anilines is 1. The van der Waals surface area contributed by atoms with E-state index in [4.69, 9.17) is 17.0 Å². The second-order valence-electron chi connectivity index (χ2n) is 6.48. The number of nitrogens with one attached hydrogen (secondary N) is 2. The minimum atomic E-state index is -0.0306. The molecule has 3 rings (SSSR count). The summed E-state index contributed by atoms with van der Waals surface area (Å²) in [6.45, 7) is 6.23. The molecule has 1 atom stereocenters. The maximum atomic E-state index is 5.57. The minimum absolute atomic E-state index is 0.0306. The van der Waals surface area contributed by atoms with E-state index in [-0.39, 0.29) is 6.04 Å². The standard InChI is InChI=1S/C24H24N2OS/c1-3-17-27-22-15-13-21(14-16-22)25-24(28)26-23(19-7-5-4-6-8-19)20-11-9-18(2)10-12-20/h3-16,23H,1,17H2,2H3,(H2,25,26,28)/t23-/m1/s1. The van der Waals surface area contributed by atoms with Crippen LogP contribution in [0.3, 0.4) is 0 Å². The molecule has 3 nitrogen and oxygen atoms in total. The molecule has 0 heterocycles. The largest absolute Gasteiger partial charge is 0.490 e. The molecule has 0 saturated carbocycles. The van der Waals surface area contributed by atoms with Gasteiger partial charge in [0.25, 0.3) is 0 Å². The molecule has 0 aliphatic rings. The molecule has 0 aromatic heterocycles. The highest BCUT2D eigenvalue weighted by molar-refractivity contribution is 7.80. The average Bonchev–Trinajstić information content (AvgIpc) is 2.73. The molecule has 0 spiro atoms. The van der Waals surface area contributed by atoms with Crippen molar-refractivity contribution in [2.75, 3.05) is 11.9 Å². The highest BCUT2D eigenvalue weighted by atomic mass is 32.1. The lowest BCUT2D eigenvalue weighted by molar-refractivity contribution is 0.363. The molecule has 0 aliphatic carbocycles. The Bertz CT molecular complexity index is 906. The predicted octanol–water partition coefficient (Wildman–Crippen LogP) is 5.64. The Balaban J connectivity index is 1.72. The molecule has 142 valence electrons. The number of ether oxygens (including phenoxy) is 1. The number of hydrogen-bond acceptors (Lipinski definition) is 2. The Morgan fingerprint density at radius 2 is 1.61 bits per heavy atom. The van der Waals surface area contributed by atoms with E-state index in [0.29, 0.717) is 11.7 Å². The van der Waals surface area contributed by atoms with Crippen molar-refractivity contribution in [1.29, 1.82) is 0 Å². The maximum absolute atomic E-state index is 5.57. The number of aryl methyl sites for hydroxylation is 1. The molecule has 0 aliphatic heterocycles. The van der Waals surface area contributed by atoms with Crippen LogP contribution in [0.15, 0.2) is 91.5 Å². The third kappa shape index (κ3) is 5.44. The van der Waals surface area contributed by atoms with Crippen LogP contribution in [0, 0.1) is 6.92 Å². The SMILES string of the molecule is C=CCOc1ccc(NC(=S)N[C@H](c2ccccc2)c2ccc(C)cc2)cc1. The molecule has 28 heavy (non-hydrogen) atoms. The van der Waals surface area contributed by atoms with Gasteiger partial charge in [-0.25, -0.2) is 0 Å². The van der Waals surface area contributed by atoms with Crippen molar-refractivity contribution in [3.8, 4) is 5.75 Å². The van der Waals surface area contributed by atoms with Gasteiger partial charge in [-0.15, -0.1) is 0 Å². The van der Waals surface area contributed by atoms with Gasteiger partial charge in [0, 0.05) is 5.69 Å². The van der Waals surface area contributed by atoms with Gasteiger partial charge in [-0.2, -0.15) is 0 Å². The zero-order valence-corrected chi connectivity index (χ0v) is 16.7. The van der Waals surface area contributed by atoms with E-state index in [1.54, 1.807) is 6.08 Å². The first-order chi connectivity index (χ1) is 13.7. The van der Waals surface area contributed by atoms with Crippen LogP contribution in [-0.2, 0) is 0 Å². The molecule has 3 aromatic rings. The lowest BCUT2D eigenvalue weighted by Gasteiger charge is -2.22. The Labute approximate surface area is 172 Å². The molecule has 0 bridgehead atoms. The summed E-state index contributed by atoms with van der Waals surface area (Å²) in [6, 6.07) is 26.5. The molecular formula is C24H24N2OS. The number of hydrogen-bond donors (Lipinski definition) is 2. The Morgan fingerprint density at radius 3 is 2.25 bits per heavy atom. The van der Waals surface area contributed by atoms with Crippen LogP contribution in [0.25, 0.3) is 0 Å². The first-order valence-electron chi connectivity index (χ1n) is 9.18. The van der Waals surface area contributed by atoms with Gasteiger partial charge < -0.3 is 15.4 Å². The molecule has 0 radical (unpaired) electrons. The molecule has 4 heteroatoms. The molecule has 0 amide bonds. The second-order valence-corrected chi connectivity index (χ2v) is 6.89. The Kier molecular flexibility index (Phi) is 6.82. The van der Waals surface area contributed by atoms with E-state index in [1.807, 2.05) is 42.5 Å². The van der Waals surface area contributed by atoms with Gasteiger partial charge in [-0.3, -0.25) is 0 Å². The summed E-state index contributed by atoms with van der Waals surface area (Å²) in [5.74, 6) is 0.797. The van der Waals surface area contributed by atoms with Crippen LogP contribution in [-0.4, -0.2) is 11.7 Å². The lowest BCUT2D eigenvalue weighted by Crippen LogP contribution is -2.33. The summed E-state index contributed by atoms with van der Waals surface area (Å²) in [5.41, 5.74) is 4.45. The van der Waals surface area contributed by atoms with Crippen molar-refractivity contribution in [1.82, 2.24) is 5.32 Å². The van der Waals surface area contributed by atoms with E-state index in [2.05, 4.69) is 60.5 Å². The third-order valence-corrected chi connectivity index (χ3v) is 4.52. The monoisotopic (exact) mass is 388 g/mol. The minimum Gasteiger partial charge on any atom is -0.490 e. The highest BCUT2D eigenvalue weighted by Gasteiger charge is 2.15. The maximum Gasteiger partial charge on any atom is 0.171 e. The van der Waals surface area contributed by atoms with Crippen molar-refractivity contribution in [2.24, 2.45) is 0 Å². The molecule has 0 fully saturated rings. The van der Waals surface area contributed by atoms with Gasteiger partial charge in [-0.05, 0) is 54.5 Å². The van der Waals surface area contributed by atoms with Gasteiger partial charge in [0.15, 0.2) is 5.11 Å². The van der Waals surface area contributed by atoms with Crippen molar-refractivity contribution in [3.05, 3.63) is 108 Å². The highest BCUT2D eigenvalue weighted by Crippen LogP contribution is 2.23. The summed E-state index contributed by atoms with van der Waals surface area (Å²) >= 11 is 5.57. The number of benzene rings is 3. The first-order valence-corrected chi connectivity index (χ1v) is 9.59. The van der Waals surface area contributed by atoms with Crippen LogP contribution in [0.2, 0.25) is 0 Å². The normalized spacial score (nSPS) is 11.3. The van der Waals surface area contributed by atoms with E-state index < -0.39 is 0 Å². The zero-order valence-electron chi connectivity index (χ0n) is 15.9. The number of thiocarbonyl (C=S) groups is 1. The Morgan fingerprint density at radius 1 is 0.964 bits per heavy atom. The summed E-state index contributed by atoms with van der Waals surface area (Å²) in [6.07, 6.45) is 1.72. The lowest BCUT2D eigenvalue weighted by atomic mass is 9.98. The first kappa shape index (κ1) is 19.6. The quantitative estimate of drug-likeness (QED) is 0.406. The predicted molar refractivity (Wildman–Crippen MR) is 121 cm³/mol. The summed E-state index contributed by atoms with van der Waals surface area (Å²) in [7, 11) is 0. The third-order valence-electron chi connectivity index (χ3n) is 4.30. The molecule has 0 saturated heterocycles. The van der Waals surface area contributed by atoms with Crippen LogP contribution < -0.4 is 15.4 Å². The molecule has 0 unspecified atom stereocenters. The molecular weight excluding hydrogens is 364 g/mol. The fourth-order valence-corrected chi connectivity index (χ4v) is 3.09. The Hall–Kier alpha value is -3.11.